The summed E-state index contributed by atoms with van der Waals surface area (Å²) in [6.45, 7) is 3.55. The Morgan fingerprint density at radius 3 is 1.58 bits per heavy atom. The molecule has 0 saturated heterocycles. The van der Waals surface area contributed by atoms with Gasteiger partial charge in [0.05, 0.1) is 0 Å². The van der Waals surface area contributed by atoms with Gasteiger partial charge in [-0.1, -0.05) is 12.7 Å². The van der Waals surface area contributed by atoms with E-state index in [2.05, 4.69) is 24.5 Å². The van der Waals surface area contributed by atoms with Crippen LogP contribution in [0.1, 0.15) is 0 Å². The summed E-state index contributed by atoms with van der Waals surface area (Å²) in [5.74, 6) is 0. The van der Waals surface area contributed by atoms with E-state index >= 15 is 0 Å². The predicted octanol–water partition coefficient (Wildman–Crippen LogP) is 2.86. The van der Waals surface area contributed by atoms with Crippen molar-refractivity contribution in [1.82, 2.24) is 0 Å². The molecule has 0 heterocycles. The van der Waals surface area contributed by atoms with Crippen molar-refractivity contribution in [3.05, 3.63) is 24.1 Å². The third-order valence-electron chi connectivity index (χ3n) is 0.487. The molecular formula is C6H11BF4S. The SMILES string of the molecule is C=C/C=C/[S+](C)C.F[B-](F)(F)F. The van der Waals surface area contributed by atoms with Crippen LogP contribution in [0.25, 0.3) is 0 Å². The Bertz CT molecular complexity index is 135. The Balaban J connectivity index is 0. The monoisotopic (exact) mass is 202 g/mol. The first-order chi connectivity index (χ1) is 5.27. The molecule has 0 spiro atoms. The molecule has 0 aliphatic carbocycles. The molecule has 0 fully saturated rings. The molecule has 0 saturated carbocycles. The van der Waals surface area contributed by atoms with Crippen molar-refractivity contribution in [3.8, 4) is 0 Å². The van der Waals surface area contributed by atoms with E-state index in [4.69, 9.17) is 0 Å². The number of hydrogen-bond acceptors (Lipinski definition) is 0. The van der Waals surface area contributed by atoms with Crippen molar-refractivity contribution >= 4 is 18.1 Å². The average molecular weight is 202 g/mol. The molecule has 0 aromatic heterocycles. The lowest BCUT2D eigenvalue weighted by molar-refractivity contribution is 0.368. The first kappa shape index (κ1) is 14.2. The average Bonchev–Trinajstić information content (AvgIpc) is 1.79. The summed E-state index contributed by atoms with van der Waals surface area (Å²) in [6, 6.07) is 0. The summed E-state index contributed by atoms with van der Waals surface area (Å²) in [4.78, 5) is 0. The molecule has 0 aliphatic heterocycles. The molecule has 0 N–H and O–H groups in total. The van der Waals surface area contributed by atoms with Gasteiger partial charge in [-0.2, -0.15) is 0 Å². The Hall–Kier alpha value is -0.385. The van der Waals surface area contributed by atoms with E-state index in [1.807, 2.05) is 6.08 Å². The highest BCUT2D eigenvalue weighted by atomic mass is 32.2. The molecule has 0 radical (unpaired) electrons. The fraction of sp³-hybridized carbons (Fsp3) is 0.333. The van der Waals surface area contributed by atoms with Crippen LogP contribution < -0.4 is 0 Å². The van der Waals surface area contributed by atoms with Crippen LogP contribution in [0, 0.1) is 0 Å². The zero-order valence-electron chi connectivity index (χ0n) is 6.94. The van der Waals surface area contributed by atoms with Crippen molar-refractivity contribution in [1.29, 1.82) is 0 Å². The lowest BCUT2D eigenvalue weighted by Crippen LogP contribution is -2.02. The van der Waals surface area contributed by atoms with Crippen LogP contribution in [0.3, 0.4) is 0 Å². The smallest absolute Gasteiger partial charge is 0.418 e. The minimum Gasteiger partial charge on any atom is -0.418 e. The molecule has 0 atom stereocenters. The lowest BCUT2D eigenvalue weighted by Gasteiger charge is -1.94. The zero-order chi connectivity index (χ0) is 10.2. The van der Waals surface area contributed by atoms with Crippen LogP contribution in [0.4, 0.5) is 17.3 Å². The third-order valence-corrected chi connectivity index (χ3v) is 1.19. The molecule has 0 amide bonds. The summed E-state index contributed by atoms with van der Waals surface area (Å²) in [5.41, 5.74) is 0. The minimum atomic E-state index is -6.00. The largest absolute Gasteiger partial charge is 0.673 e. The van der Waals surface area contributed by atoms with Crippen molar-refractivity contribution in [2.75, 3.05) is 12.5 Å². The van der Waals surface area contributed by atoms with E-state index in [0.29, 0.717) is 10.9 Å². The molecule has 12 heavy (non-hydrogen) atoms. The molecular weight excluding hydrogens is 191 g/mol. The third kappa shape index (κ3) is 54.6. The van der Waals surface area contributed by atoms with E-state index in [1.165, 1.54) is 0 Å². The van der Waals surface area contributed by atoms with Gasteiger partial charge in [-0.3, -0.25) is 0 Å². The van der Waals surface area contributed by atoms with Crippen LogP contribution in [0.15, 0.2) is 24.1 Å². The Kier molecular flexibility index (Phi) is 8.58. The minimum absolute atomic E-state index is 0.433. The molecule has 72 valence electrons. The van der Waals surface area contributed by atoms with E-state index < -0.39 is 7.25 Å². The topological polar surface area (TPSA) is 0 Å². The van der Waals surface area contributed by atoms with Crippen LogP contribution in [0.2, 0.25) is 0 Å². The molecule has 6 heteroatoms. The maximum atomic E-state index is 9.75. The highest BCUT2D eigenvalue weighted by Crippen LogP contribution is 2.06. The first-order valence-electron chi connectivity index (χ1n) is 3.00. The van der Waals surface area contributed by atoms with Gasteiger partial charge >= 0.3 is 7.25 Å². The summed E-state index contributed by atoms with van der Waals surface area (Å²) < 4.78 is 39.0. The van der Waals surface area contributed by atoms with Crippen LogP contribution in [-0.2, 0) is 10.9 Å². The van der Waals surface area contributed by atoms with Gasteiger partial charge in [0.2, 0.25) is 0 Å². The number of halogens is 4. The zero-order valence-corrected chi connectivity index (χ0v) is 7.75. The standard InChI is InChI=1S/C6H11S.BF4/c1-4-5-6-7(2)3;2-1(3,4)5/h4-6H,1H2,2-3H3;/q+1;-1/b6-5+;. The highest BCUT2D eigenvalue weighted by Gasteiger charge is 2.20. The van der Waals surface area contributed by atoms with E-state index in [-0.39, 0.29) is 0 Å². The molecule has 0 unspecified atom stereocenters. The second-order valence-corrected chi connectivity index (χ2v) is 3.97. The number of allylic oxidation sites excluding steroid dienone is 2. The molecule has 0 aromatic rings. The number of rotatable bonds is 2. The Morgan fingerprint density at radius 1 is 1.17 bits per heavy atom. The van der Waals surface area contributed by atoms with Crippen molar-refractivity contribution in [2.24, 2.45) is 0 Å². The molecule has 0 rings (SSSR count). The normalized spacial score (nSPS) is 11.2. The van der Waals surface area contributed by atoms with Crippen molar-refractivity contribution in [2.45, 2.75) is 0 Å². The lowest BCUT2D eigenvalue weighted by atomic mass is 10.3. The Morgan fingerprint density at radius 2 is 1.50 bits per heavy atom. The fourth-order valence-electron chi connectivity index (χ4n) is 0.213. The second-order valence-electron chi connectivity index (χ2n) is 1.94. The van der Waals surface area contributed by atoms with Gasteiger partial charge in [0.1, 0.15) is 17.9 Å². The fourth-order valence-corrected chi connectivity index (χ4v) is 0.638. The summed E-state index contributed by atoms with van der Waals surface area (Å²) in [6.07, 6.45) is 8.11. The quantitative estimate of drug-likeness (QED) is 0.279. The van der Waals surface area contributed by atoms with Gasteiger partial charge in [0.15, 0.2) is 0 Å². The van der Waals surface area contributed by atoms with Gasteiger partial charge in [-0.15, -0.1) is 0 Å². The van der Waals surface area contributed by atoms with Crippen molar-refractivity contribution < 1.29 is 17.3 Å². The van der Waals surface area contributed by atoms with Gasteiger partial charge < -0.3 is 17.3 Å². The van der Waals surface area contributed by atoms with Gasteiger partial charge in [0.25, 0.3) is 0 Å². The molecule has 0 aliphatic rings. The Labute approximate surface area is 72.8 Å². The molecule has 0 bridgehead atoms. The maximum absolute atomic E-state index is 9.75. The van der Waals surface area contributed by atoms with Crippen LogP contribution in [-0.4, -0.2) is 19.8 Å². The van der Waals surface area contributed by atoms with Gasteiger partial charge in [0, 0.05) is 10.9 Å². The summed E-state index contributed by atoms with van der Waals surface area (Å²) in [5, 5.41) is 2.13. The van der Waals surface area contributed by atoms with Gasteiger partial charge in [-0.25, -0.2) is 0 Å². The maximum Gasteiger partial charge on any atom is 0.673 e. The van der Waals surface area contributed by atoms with E-state index in [9.17, 15) is 17.3 Å². The van der Waals surface area contributed by atoms with Crippen molar-refractivity contribution in [3.63, 3.8) is 0 Å². The summed E-state index contributed by atoms with van der Waals surface area (Å²) in [7, 11) is -5.57. The molecule has 0 aromatic carbocycles. The first-order valence-corrected chi connectivity index (χ1v) is 5.10. The second kappa shape index (κ2) is 7.27. The van der Waals surface area contributed by atoms with Gasteiger partial charge in [-0.05, 0) is 6.08 Å². The number of hydrogen-bond donors (Lipinski definition) is 0. The highest BCUT2D eigenvalue weighted by molar-refractivity contribution is 7.98. The van der Waals surface area contributed by atoms with Crippen LogP contribution >= 0.6 is 0 Å². The van der Waals surface area contributed by atoms with Crippen LogP contribution in [0.5, 0.6) is 0 Å². The van der Waals surface area contributed by atoms with E-state index in [1.54, 1.807) is 6.08 Å². The van der Waals surface area contributed by atoms with E-state index in [0.717, 1.165) is 0 Å². The predicted molar refractivity (Wildman–Crippen MR) is 48.7 cm³/mol. The molecule has 0 nitrogen and oxygen atoms in total. The summed E-state index contributed by atoms with van der Waals surface area (Å²) >= 11 is 0.